The molecule has 2 rings (SSSR count). The third kappa shape index (κ3) is 4.30. The standard InChI is InChI=1S/C16H11ClFNO6/c1-24-15-5-2-9(6-12(15)18)14(20)8-25-16(21)11-7-10(17)3-4-13(11)19(22)23/h2-7H,8H2,1H3. The number of nitro benzene ring substituents is 1. The second kappa shape index (κ2) is 7.71. The Bertz CT molecular complexity index is 855. The molecule has 0 amide bonds. The predicted molar refractivity (Wildman–Crippen MR) is 85.7 cm³/mol. The molecule has 130 valence electrons. The lowest BCUT2D eigenvalue weighted by molar-refractivity contribution is -0.385. The van der Waals surface area contributed by atoms with Gasteiger partial charge in [-0.25, -0.2) is 9.18 Å². The number of hydrogen-bond acceptors (Lipinski definition) is 6. The van der Waals surface area contributed by atoms with Gasteiger partial charge in [0.25, 0.3) is 5.69 Å². The minimum atomic E-state index is -1.09. The van der Waals surface area contributed by atoms with Crippen LogP contribution in [0.25, 0.3) is 0 Å². The van der Waals surface area contributed by atoms with E-state index in [0.29, 0.717) is 0 Å². The molecule has 0 bridgehead atoms. The average Bonchev–Trinajstić information content (AvgIpc) is 2.58. The summed E-state index contributed by atoms with van der Waals surface area (Å²) < 4.78 is 23.1. The Kier molecular flexibility index (Phi) is 5.66. The lowest BCUT2D eigenvalue weighted by Gasteiger charge is -2.07. The second-order valence-corrected chi connectivity index (χ2v) is 5.20. The molecule has 0 saturated heterocycles. The van der Waals surface area contributed by atoms with Crippen LogP contribution in [-0.2, 0) is 4.74 Å². The van der Waals surface area contributed by atoms with Crippen molar-refractivity contribution >= 4 is 29.0 Å². The average molecular weight is 368 g/mol. The lowest BCUT2D eigenvalue weighted by atomic mass is 10.1. The number of Topliss-reactive ketones (excluding diaryl/α,β-unsaturated/α-hetero) is 1. The molecule has 2 aromatic carbocycles. The smallest absolute Gasteiger partial charge is 0.345 e. The Balaban J connectivity index is 2.12. The van der Waals surface area contributed by atoms with E-state index < -0.39 is 34.8 Å². The molecule has 2 aromatic rings. The zero-order chi connectivity index (χ0) is 18.6. The van der Waals surface area contributed by atoms with Gasteiger partial charge in [0, 0.05) is 16.7 Å². The topological polar surface area (TPSA) is 95.7 Å². The molecule has 0 aliphatic carbocycles. The molecule has 0 heterocycles. The van der Waals surface area contributed by atoms with E-state index >= 15 is 0 Å². The van der Waals surface area contributed by atoms with E-state index in [9.17, 15) is 24.1 Å². The maximum absolute atomic E-state index is 13.6. The Morgan fingerprint density at radius 1 is 1.24 bits per heavy atom. The highest BCUT2D eigenvalue weighted by atomic mass is 35.5. The van der Waals surface area contributed by atoms with Crippen LogP contribution in [0.3, 0.4) is 0 Å². The summed E-state index contributed by atoms with van der Waals surface area (Å²) in [5.74, 6) is -2.55. The summed E-state index contributed by atoms with van der Waals surface area (Å²) in [5, 5.41) is 11.0. The molecule has 0 saturated carbocycles. The van der Waals surface area contributed by atoms with Crippen LogP contribution in [0.2, 0.25) is 5.02 Å². The summed E-state index contributed by atoms with van der Waals surface area (Å²) in [6, 6.07) is 6.88. The largest absolute Gasteiger partial charge is 0.494 e. The van der Waals surface area contributed by atoms with Crippen LogP contribution < -0.4 is 4.74 Å². The van der Waals surface area contributed by atoms with Crippen LogP contribution in [0.15, 0.2) is 36.4 Å². The van der Waals surface area contributed by atoms with Gasteiger partial charge in [0.1, 0.15) is 5.56 Å². The molecular formula is C16H11ClFNO6. The minimum absolute atomic E-state index is 0.0355. The Hall–Kier alpha value is -3.00. The van der Waals surface area contributed by atoms with Crippen molar-refractivity contribution in [2.24, 2.45) is 0 Å². The van der Waals surface area contributed by atoms with Gasteiger partial charge >= 0.3 is 5.97 Å². The SMILES string of the molecule is COc1ccc(C(=O)COC(=O)c2cc(Cl)ccc2[N+](=O)[O-])cc1F. The van der Waals surface area contributed by atoms with Crippen molar-refractivity contribution in [2.75, 3.05) is 13.7 Å². The van der Waals surface area contributed by atoms with Gasteiger partial charge in [0.05, 0.1) is 12.0 Å². The van der Waals surface area contributed by atoms with Crippen molar-refractivity contribution in [2.45, 2.75) is 0 Å². The normalized spacial score (nSPS) is 10.2. The summed E-state index contributed by atoms with van der Waals surface area (Å²) in [7, 11) is 1.28. The zero-order valence-corrected chi connectivity index (χ0v) is 13.6. The lowest BCUT2D eigenvalue weighted by Crippen LogP contribution is -2.15. The number of esters is 1. The summed E-state index contributed by atoms with van der Waals surface area (Å²) in [5.41, 5.74) is -0.921. The highest BCUT2D eigenvalue weighted by molar-refractivity contribution is 6.31. The minimum Gasteiger partial charge on any atom is -0.494 e. The van der Waals surface area contributed by atoms with Gasteiger partial charge in [-0.2, -0.15) is 0 Å². The van der Waals surface area contributed by atoms with Crippen LogP contribution in [0.4, 0.5) is 10.1 Å². The maximum atomic E-state index is 13.6. The molecule has 25 heavy (non-hydrogen) atoms. The summed E-state index contributed by atoms with van der Waals surface area (Å²) >= 11 is 5.72. The Morgan fingerprint density at radius 2 is 1.96 bits per heavy atom. The maximum Gasteiger partial charge on any atom is 0.345 e. The van der Waals surface area contributed by atoms with Crippen molar-refractivity contribution in [3.63, 3.8) is 0 Å². The van der Waals surface area contributed by atoms with Crippen molar-refractivity contribution in [1.82, 2.24) is 0 Å². The molecule has 0 aromatic heterocycles. The first kappa shape index (κ1) is 18.3. The highest BCUT2D eigenvalue weighted by Gasteiger charge is 2.23. The molecule has 0 aliphatic rings. The van der Waals surface area contributed by atoms with E-state index in [1.165, 1.54) is 25.3 Å². The fraction of sp³-hybridized carbons (Fsp3) is 0.125. The summed E-state index contributed by atoms with van der Waals surface area (Å²) in [6.07, 6.45) is 0. The third-order valence-electron chi connectivity index (χ3n) is 3.18. The van der Waals surface area contributed by atoms with Crippen molar-refractivity contribution in [3.05, 3.63) is 68.5 Å². The van der Waals surface area contributed by atoms with Crippen molar-refractivity contribution < 1.29 is 28.4 Å². The quantitative estimate of drug-likeness (QED) is 0.336. The number of carbonyl (C=O) groups excluding carboxylic acids is 2. The van der Waals surface area contributed by atoms with Gasteiger partial charge in [-0.15, -0.1) is 0 Å². The molecule has 9 heteroatoms. The van der Waals surface area contributed by atoms with Crippen LogP contribution in [0.5, 0.6) is 5.75 Å². The fourth-order valence-corrected chi connectivity index (χ4v) is 2.14. The molecule has 0 spiro atoms. The number of nitro groups is 1. The van der Waals surface area contributed by atoms with Gasteiger partial charge in [-0.3, -0.25) is 14.9 Å². The number of hydrogen-bond donors (Lipinski definition) is 0. The van der Waals surface area contributed by atoms with Crippen LogP contribution >= 0.6 is 11.6 Å². The first-order valence-electron chi connectivity index (χ1n) is 6.81. The monoisotopic (exact) mass is 367 g/mol. The summed E-state index contributed by atoms with van der Waals surface area (Å²) in [6.45, 7) is -0.714. The van der Waals surface area contributed by atoms with E-state index in [4.69, 9.17) is 21.1 Å². The molecule has 0 fully saturated rings. The number of methoxy groups -OCH3 is 1. The number of rotatable bonds is 6. The third-order valence-corrected chi connectivity index (χ3v) is 3.42. The van der Waals surface area contributed by atoms with E-state index in [1.54, 1.807) is 0 Å². The predicted octanol–water partition coefficient (Wildman–Crippen LogP) is 3.44. The highest BCUT2D eigenvalue weighted by Crippen LogP contribution is 2.24. The molecule has 0 N–H and O–H groups in total. The van der Waals surface area contributed by atoms with Gasteiger partial charge < -0.3 is 9.47 Å². The molecule has 0 atom stereocenters. The van der Waals surface area contributed by atoms with Crippen LogP contribution in [-0.4, -0.2) is 30.4 Å². The van der Waals surface area contributed by atoms with Gasteiger partial charge in [-0.1, -0.05) is 11.6 Å². The first-order chi connectivity index (χ1) is 11.8. The number of benzene rings is 2. The number of nitrogens with zero attached hydrogens (tertiary/aromatic N) is 1. The van der Waals surface area contributed by atoms with E-state index in [1.807, 2.05) is 0 Å². The van der Waals surface area contributed by atoms with Gasteiger partial charge in [0.2, 0.25) is 0 Å². The Labute approximate surface area is 146 Å². The number of carbonyl (C=O) groups is 2. The van der Waals surface area contributed by atoms with E-state index in [2.05, 4.69) is 0 Å². The number of ether oxygens (including phenoxy) is 2. The summed E-state index contributed by atoms with van der Waals surface area (Å²) in [4.78, 5) is 34.1. The zero-order valence-electron chi connectivity index (χ0n) is 12.8. The first-order valence-corrected chi connectivity index (χ1v) is 7.19. The molecular weight excluding hydrogens is 357 g/mol. The molecule has 0 aliphatic heterocycles. The molecule has 0 unspecified atom stereocenters. The van der Waals surface area contributed by atoms with Gasteiger partial charge in [0.15, 0.2) is 24.0 Å². The van der Waals surface area contributed by atoms with E-state index in [0.717, 1.165) is 18.2 Å². The molecule has 0 radical (unpaired) electrons. The fourth-order valence-electron chi connectivity index (χ4n) is 1.96. The number of halogens is 2. The van der Waals surface area contributed by atoms with Crippen LogP contribution in [0.1, 0.15) is 20.7 Å². The van der Waals surface area contributed by atoms with E-state index in [-0.39, 0.29) is 21.9 Å². The Morgan fingerprint density at radius 3 is 2.56 bits per heavy atom. The molecule has 7 nitrogen and oxygen atoms in total. The van der Waals surface area contributed by atoms with Crippen molar-refractivity contribution in [1.29, 1.82) is 0 Å². The van der Waals surface area contributed by atoms with Crippen LogP contribution in [0, 0.1) is 15.9 Å². The number of ketones is 1. The van der Waals surface area contributed by atoms with Crippen molar-refractivity contribution in [3.8, 4) is 5.75 Å². The second-order valence-electron chi connectivity index (χ2n) is 4.77. The van der Waals surface area contributed by atoms with Gasteiger partial charge in [-0.05, 0) is 30.3 Å².